The Labute approximate surface area is 106 Å². The number of carbonyl (C=O) groups excluding carboxylic acids is 1. The summed E-state index contributed by atoms with van der Waals surface area (Å²) in [5.41, 5.74) is 0.466. The van der Waals surface area contributed by atoms with Crippen LogP contribution in [0.4, 0.5) is 0 Å². The predicted molar refractivity (Wildman–Crippen MR) is 68.4 cm³/mol. The van der Waals surface area contributed by atoms with Gasteiger partial charge in [-0.25, -0.2) is 0 Å². The minimum absolute atomic E-state index is 0.261. The summed E-state index contributed by atoms with van der Waals surface area (Å²) in [4.78, 5) is 13.3. The van der Waals surface area contributed by atoms with Crippen LogP contribution in [0.15, 0.2) is 18.2 Å². The van der Waals surface area contributed by atoms with E-state index in [0.717, 1.165) is 0 Å². The highest BCUT2D eigenvalue weighted by Gasteiger charge is 2.07. The molecule has 0 N–H and O–H groups in total. The van der Waals surface area contributed by atoms with Crippen molar-refractivity contribution >= 4 is 17.4 Å². The van der Waals surface area contributed by atoms with Gasteiger partial charge in [0, 0.05) is 25.7 Å². The number of carbonyl (C=O) groups is 1. The van der Waals surface area contributed by atoms with E-state index in [1.807, 2.05) is 6.92 Å². The van der Waals surface area contributed by atoms with Crippen molar-refractivity contribution in [2.75, 3.05) is 20.7 Å². The lowest BCUT2D eigenvalue weighted by Crippen LogP contribution is -2.04. The van der Waals surface area contributed by atoms with Crippen molar-refractivity contribution < 1.29 is 9.53 Å². The van der Waals surface area contributed by atoms with E-state index < -0.39 is 0 Å². The first-order valence-corrected chi connectivity index (χ1v) is 5.58. The maximum absolute atomic E-state index is 11.7. The zero-order valence-corrected chi connectivity index (χ0v) is 10.8. The molecule has 1 rings (SSSR count). The Bertz CT molecular complexity index is 472. The fourth-order valence-electron chi connectivity index (χ4n) is 1.15. The Morgan fingerprint density at radius 3 is 2.71 bits per heavy atom. The molecular weight excluding hydrogens is 238 g/mol. The molecule has 0 heterocycles. The van der Waals surface area contributed by atoms with E-state index in [1.165, 1.54) is 0 Å². The summed E-state index contributed by atoms with van der Waals surface area (Å²) < 4.78 is 5.28. The van der Waals surface area contributed by atoms with Gasteiger partial charge in [-0.2, -0.15) is 0 Å². The molecule has 0 spiro atoms. The smallest absolute Gasteiger partial charge is 0.237 e. The number of hydrogen-bond acceptors (Lipinski definition) is 3. The van der Waals surface area contributed by atoms with E-state index in [1.54, 1.807) is 37.2 Å². The Kier molecular flexibility index (Phi) is 4.86. The molecule has 0 aromatic heterocycles. The molecule has 0 aliphatic heterocycles. The SMILES string of the molecule is CCOc1ccc(C(=O)C#CN(C)C)cc1Cl. The fourth-order valence-corrected chi connectivity index (χ4v) is 1.38. The number of benzene rings is 1. The van der Waals surface area contributed by atoms with Gasteiger partial charge in [0.2, 0.25) is 5.78 Å². The molecule has 3 nitrogen and oxygen atoms in total. The highest BCUT2D eigenvalue weighted by Crippen LogP contribution is 2.25. The van der Waals surface area contributed by atoms with Crippen LogP contribution in [-0.2, 0) is 0 Å². The molecule has 0 atom stereocenters. The van der Waals surface area contributed by atoms with Crippen LogP contribution < -0.4 is 4.74 Å². The van der Waals surface area contributed by atoms with Crippen molar-refractivity contribution in [1.82, 2.24) is 4.90 Å². The molecule has 0 amide bonds. The molecule has 1 aromatic rings. The third-order valence-electron chi connectivity index (χ3n) is 1.89. The van der Waals surface area contributed by atoms with Gasteiger partial charge >= 0.3 is 0 Å². The molecule has 17 heavy (non-hydrogen) atoms. The second-order valence-electron chi connectivity index (χ2n) is 3.54. The zero-order valence-electron chi connectivity index (χ0n) is 10.1. The summed E-state index contributed by atoms with van der Waals surface area (Å²) in [6.07, 6.45) is 0. The summed E-state index contributed by atoms with van der Waals surface area (Å²) in [6.45, 7) is 2.41. The summed E-state index contributed by atoms with van der Waals surface area (Å²) >= 11 is 5.98. The molecule has 0 aliphatic rings. The Balaban J connectivity index is 2.91. The highest BCUT2D eigenvalue weighted by molar-refractivity contribution is 6.32. The maximum Gasteiger partial charge on any atom is 0.237 e. The third kappa shape index (κ3) is 4.01. The van der Waals surface area contributed by atoms with Gasteiger partial charge in [-0.1, -0.05) is 11.6 Å². The summed E-state index contributed by atoms with van der Waals surface area (Å²) in [7, 11) is 3.54. The van der Waals surface area contributed by atoms with Gasteiger partial charge in [-0.05, 0) is 31.0 Å². The average molecular weight is 252 g/mol. The van der Waals surface area contributed by atoms with Gasteiger partial charge in [0.05, 0.1) is 11.6 Å². The minimum Gasteiger partial charge on any atom is -0.492 e. The average Bonchev–Trinajstić information content (AvgIpc) is 2.28. The second kappa shape index (κ2) is 6.17. The number of halogens is 1. The first kappa shape index (κ1) is 13.4. The molecule has 1 aromatic carbocycles. The topological polar surface area (TPSA) is 29.5 Å². The number of hydrogen-bond donors (Lipinski definition) is 0. The van der Waals surface area contributed by atoms with Crippen molar-refractivity contribution in [3.05, 3.63) is 28.8 Å². The van der Waals surface area contributed by atoms with E-state index >= 15 is 0 Å². The van der Waals surface area contributed by atoms with Crippen LogP contribution in [0, 0.1) is 12.0 Å². The summed E-state index contributed by atoms with van der Waals surface area (Å²) in [5, 5.41) is 0.421. The van der Waals surface area contributed by atoms with Gasteiger partial charge < -0.3 is 9.64 Å². The number of ketones is 1. The second-order valence-corrected chi connectivity index (χ2v) is 3.95. The van der Waals surface area contributed by atoms with Crippen LogP contribution in [0.3, 0.4) is 0 Å². The van der Waals surface area contributed by atoms with Gasteiger partial charge in [0.25, 0.3) is 0 Å². The van der Waals surface area contributed by atoms with E-state index in [4.69, 9.17) is 16.3 Å². The lowest BCUT2D eigenvalue weighted by Gasteiger charge is -2.05. The summed E-state index contributed by atoms with van der Waals surface area (Å²) in [5.74, 6) is 2.83. The van der Waals surface area contributed by atoms with Gasteiger partial charge in [-0.3, -0.25) is 4.79 Å². The normalized spacial score (nSPS) is 9.18. The Hall–Kier alpha value is -1.66. The molecule has 0 bridgehead atoms. The number of nitrogens with zero attached hydrogens (tertiary/aromatic N) is 1. The van der Waals surface area contributed by atoms with E-state index in [9.17, 15) is 4.79 Å². The molecule has 0 fully saturated rings. The molecule has 0 unspecified atom stereocenters. The highest BCUT2D eigenvalue weighted by atomic mass is 35.5. The first-order chi connectivity index (χ1) is 8.04. The minimum atomic E-state index is -0.261. The van der Waals surface area contributed by atoms with Crippen molar-refractivity contribution in [1.29, 1.82) is 0 Å². The third-order valence-corrected chi connectivity index (χ3v) is 2.18. The number of Topliss-reactive ketones (excluding diaryl/α,β-unsaturated/α-hetero) is 1. The fraction of sp³-hybridized carbons (Fsp3) is 0.308. The van der Waals surface area contributed by atoms with Crippen molar-refractivity contribution in [2.24, 2.45) is 0 Å². The molecule has 0 radical (unpaired) electrons. The quantitative estimate of drug-likeness (QED) is 0.470. The molecule has 0 aliphatic carbocycles. The van der Waals surface area contributed by atoms with Crippen LogP contribution in [0.25, 0.3) is 0 Å². The lowest BCUT2D eigenvalue weighted by molar-refractivity contribution is 0.105. The van der Waals surface area contributed by atoms with Gasteiger partial charge in [-0.15, -0.1) is 0 Å². The molecule has 0 saturated heterocycles. The lowest BCUT2D eigenvalue weighted by atomic mass is 10.1. The van der Waals surface area contributed by atoms with Crippen LogP contribution in [0.5, 0.6) is 5.75 Å². The molecule has 0 saturated carbocycles. The molecule has 4 heteroatoms. The Morgan fingerprint density at radius 1 is 1.47 bits per heavy atom. The van der Waals surface area contributed by atoms with Crippen LogP contribution in [0.1, 0.15) is 17.3 Å². The Morgan fingerprint density at radius 2 is 2.18 bits per heavy atom. The van der Waals surface area contributed by atoms with Crippen LogP contribution >= 0.6 is 11.6 Å². The zero-order chi connectivity index (χ0) is 12.8. The maximum atomic E-state index is 11.7. The van der Waals surface area contributed by atoms with Crippen LogP contribution in [-0.4, -0.2) is 31.4 Å². The van der Waals surface area contributed by atoms with Gasteiger partial charge in [0.15, 0.2) is 0 Å². The predicted octanol–water partition coefficient (Wildman–Crippen LogP) is 2.44. The first-order valence-electron chi connectivity index (χ1n) is 5.20. The van der Waals surface area contributed by atoms with Gasteiger partial charge in [0.1, 0.15) is 5.75 Å². The van der Waals surface area contributed by atoms with E-state index in [-0.39, 0.29) is 5.78 Å². The number of rotatable bonds is 3. The van der Waals surface area contributed by atoms with Crippen molar-refractivity contribution in [2.45, 2.75) is 6.92 Å². The number of ether oxygens (including phenoxy) is 1. The van der Waals surface area contributed by atoms with E-state index in [0.29, 0.717) is 22.9 Å². The summed E-state index contributed by atoms with van der Waals surface area (Å²) in [6, 6.07) is 7.56. The van der Waals surface area contributed by atoms with Crippen molar-refractivity contribution in [3.8, 4) is 17.7 Å². The molecular formula is C13H14ClNO2. The molecule has 90 valence electrons. The standard InChI is InChI=1S/C13H14ClNO2/c1-4-17-13-6-5-10(9-11(13)14)12(16)7-8-15(2)3/h5-6,9H,4H2,1-3H3. The van der Waals surface area contributed by atoms with Crippen LogP contribution in [0.2, 0.25) is 5.02 Å². The monoisotopic (exact) mass is 251 g/mol. The van der Waals surface area contributed by atoms with E-state index in [2.05, 4.69) is 12.0 Å². The van der Waals surface area contributed by atoms with Crippen molar-refractivity contribution in [3.63, 3.8) is 0 Å². The largest absolute Gasteiger partial charge is 0.492 e.